The van der Waals surface area contributed by atoms with Gasteiger partial charge in [-0.25, -0.2) is 14.4 Å². The number of rotatable bonds is 2. The van der Waals surface area contributed by atoms with E-state index < -0.39 is 0 Å². The SMILES string of the molecule is NC1CCC(c2[nH]nc(-c3ncccn3)c2F)CC1. The summed E-state index contributed by atoms with van der Waals surface area (Å²) in [5.41, 5.74) is 6.63. The molecule has 0 radical (unpaired) electrons. The molecule has 2 aromatic heterocycles. The molecule has 0 spiro atoms. The maximum atomic E-state index is 14.4. The third-order valence-electron chi connectivity index (χ3n) is 3.69. The van der Waals surface area contributed by atoms with Gasteiger partial charge in [0.2, 0.25) is 0 Å². The lowest BCUT2D eigenvalue weighted by molar-refractivity contribution is 0.382. The van der Waals surface area contributed by atoms with Crippen molar-refractivity contribution in [2.75, 3.05) is 0 Å². The molecule has 1 aliphatic carbocycles. The monoisotopic (exact) mass is 261 g/mol. The number of nitrogens with zero attached hydrogens (tertiary/aromatic N) is 3. The zero-order chi connectivity index (χ0) is 13.2. The van der Waals surface area contributed by atoms with Crippen LogP contribution >= 0.6 is 0 Å². The summed E-state index contributed by atoms with van der Waals surface area (Å²) in [5, 5.41) is 6.84. The second-order valence-corrected chi connectivity index (χ2v) is 4.98. The highest BCUT2D eigenvalue weighted by atomic mass is 19.1. The molecule has 0 unspecified atom stereocenters. The van der Waals surface area contributed by atoms with Crippen LogP contribution in [-0.4, -0.2) is 26.2 Å². The Morgan fingerprint density at radius 1 is 1.16 bits per heavy atom. The lowest BCUT2D eigenvalue weighted by Gasteiger charge is -2.24. The van der Waals surface area contributed by atoms with Crippen LogP contribution in [0.2, 0.25) is 0 Å². The Bertz CT molecular complexity index is 545. The van der Waals surface area contributed by atoms with Gasteiger partial charge in [0, 0.05) is 24.4 Å². The predicted molar refractivity (Wildman–Crippen MR) is 68.8 cm³/mol. The summed E-state index contributed by atoms with van der Waals surface area (Å²) in [5.74, 6) is 0.159. The molecule has 19 heavy (non-hydrogen) atoms. The van der Waals surface area contributed by atoms with Gasteiger partial charge in [-0.1, -0.05) is 0 Å². The molecular formula is C13H16FN5. The van der Waals surface area contributed by atoms with E-state index in [1.54, 1.807) is 18.5 Å². The summed E-state index contributed by atoms with van der Waals surface area (Å²) in [6.07, 6.45) is 6.82. The minimum atomic E-state index is -0.327. The first-order valence-electron chi connectivity index (χ1n) is 6.52. The minimum absolute atomic E-state index is 0.171. The van der Waals surface area contributed by atoms with Crippen LogP contribution < -0.4 is 5.73 Å². The summed E-state index contributed by atoms with van der Waals surface area (Å²) < 4.78 is 14.4. The van der Waals surface area contributed by atoms with Gasteiger partial charge in [-0.3, -0.25) is 5.10 Å². The van der Waals surface area contributed by atoms with E-state index in [4.69, 9.17) is 5.73 Å². The van der Waals surface area contributed by atoms with Gasteiger partial charge >= 0.3 is 0 Å². The molecule has 2 heterocycles. The molecule has 0 aliphatic heterocycles. The molecular weight excluding hydrogens is 245 g/mol. The molecule has 100 valence electrons. The number of hydrogen-bond acceptors (Lipinski definition) is 4. The van der Waals surface area contributed by atoms with Crippen molar-refractivity contribution in [3.63, 3.8) is 0 Å². The summed E-state index contributed by atoms with van der Waals surface area (Å²) >= 11 is 0. The predicted octanol–water partition coefficient (Wildman–Crippen LogP) is 1.99. The van der Waals surface area contributed by atoms with Crippen LogP contribution in [0.3, 0.4) is 0 Å². The van der Waals surface area contributed by atoms with Crippen molar-refractivity contribution in [3.8, 4) is 11.5 Å². The highest BCUT2D eigenvalue weighted by Gasteiger charge is 2.26. The number of hydrogen-bond donors (Lipinski definition) is 2. The van der Waals surface area contributed by atoms with E-state index in [-0.39, 0.29) is 23.5 Å². The standard InChI is InChI=1S/C13H16FN5/c14-10-11(8-2-4-9(15)5-3-8)18-19-12(10)13-16-6-1-7-17-13/h1,6-9H,2-5,15H2,(H,18,19). The van der Waals surface area contributed by atoms with Crippen LogP contribution in [0, 0.1) is 5.82 Å². The Hall–Kier alpha value is -1.82. The van der Waals surface area contributed by atoms with Crippen LogP contribution in [0.25, 0.3) is 11.5 Å². The third-order valence-corrected chi connectivity index (χ3v) is 3.69. The fraction of sp³-hybridized carbons (Fsp3) is 0.462. The van der Waals surface area contributed by atoms with Crippen molar-refractivity contribution in [1.82, 2.24) is 20.2 Å². The fourth-order valence-electron chi connectivity index (χ4n) is 2.59. The molecule has 1 aliphatic rings. The van der Waals surface area contributed by atoms with Crippen LogP contribution in [-0.2, 0) is 0 Å². The molecule has 1 saturated carbocycles. The number of halogens is 1. The van der Waals surface area contributed by atoms with Crippen molar-refractivity contribution in [3.05, 3.63) is 30.0 Å². The normalized spacial score (nSPS) is 23.5. The first-order chi connectivity index (χ1) is 9.25. The number of nitrogens with two attached hydrogens (primary N) is 1. The summed E-state index contributed by atoms with van der Waals surface area (Å²) in [6, 6.07) is 1.94. The number of aromatic amines is 1. The van der Waals surface area contributed by atoms with Gasteiger partial charge in [-0.05, 0) is 31.7 Å². The van der Waals surface area contributed by atoms with Gasteiger partial charge in [0.05, 0.1) is 5.69 Å². The molecule has 0 saturated heterocycles. The van der Waals surface area contributed by atoms with E-state index >= 15 is 0 Å². The van der Waals surface area contributed by atoms with Gasteiger partial charge in [-0.15, -0.1) is 0 Å². The average Bonchev–Trinajstić information content (AvgIpc) is 2.83. The number of aromatic nitrogens is 4. The number of H-pyrrole nitrogens is 1. The highest BCUT2D eigenvalue weighted by molar-refractivity contribution is 5.50. The molecule has 0 bridgehead atoms. The van der Waals surface area contributed by atoms with Crippen LogP contribution in [0.5, 0.6) is 0 Å². The smallest absolute Gasteiger partial charge is 0.183 e. The van der Waals surface area contributed by atoms with Crippen molar-refractivity contribution < 1.29 is 4.39 Å². The Kier molecular flexibility index (Phi) is 3.25. The molecule has 5 nitrogen and oxygen atoms in total. The molecule has 0 aromatic carbocycles. The maximum Gasteiger partial charge on any atom is 0.183 e. The van der Waals surface area contributed by atoms with Crippen molar-refractivity contribution >= 4 is 0 Å². The summed E-state index contributed by atoms with van der Waals surface area (Å²) in [4.78, 5) is 8.05. The average molecular weight is 261 g/mol. The summed E-state index contributed by atoms with van der Waals surface area (Å²) in [6.45, 7) is 0. The van der Waals surface area contributed by atoms with E-state index in [0.717, 1.165) is 25.7 Å². The second kappa shape index (κ2) is 5.05. The van der Waals surface area contributed by atoms with Gasteiger partial charge in [0.25, 0.3) is 0 Å². The third kappa shape index (κ3) is 2.35. The Balaban J connectivity index is 1.87. The van der Waals surface area contributed by atoms with E-state index in [9.17, 15) is 4.39 Å². The molecule has 0 atom stereocenters. The first-order valence-corrected chi connectivity index (χ1v) is 6.52. The van der Waals surface area contributed by atoms with E-state index in [1.165, 1.54) is 0 Å². The van der Waals surface area contributed by atoms with E-state index in [2.05, 4.69) is 20.2 Å². The molecule has 3 rings (SSSR count). The maximum absolute atomic E-state index is 14.4. The number of nitrogens with one attached hydrogen (secondary N) is 1. The van der Waals surface area contributed by atoms with E-state index in [0.29, 0.717) is 11.5 Å². The van der Waals surface area contributed by atoms with Crippen LogP contribution in [0.4, 0.5) is 4.39 Å². The zero-order valence-corrected chi connectivity index (χ0v) is 10.5. The minimum Gasteiger partial charge on any atom is -0.328 e. The first kappa shape index (κ1) is 12.2. The van der Waals surface area contributed by atoms with Gasteiger partial charge in [0.1, 0.15) is 0 Å². The Morgan fingerprint density at radius 2 is 1.84 bits per heavy atom. The topological polar surface area (TPSA) is 80.5 Å². The molecule has 6 heteroatoms. The zero-order valence-electron chi connectivity index (χ0n) is 10.5. The second-order valence-electron chi connectivity index (χ2n) is 4.98. The van der Waals surface area contributed by atoms with Crippen molar-refractivity contribution in [1.29, 1.82) is 0 Å². The van der Waals surface area contributed by atoms with Crippen LogP contribution in [0.1, 0.15) is 37.3 Å². The van der Waals surface area contributed by atoms with Crippen molar-refractivity contribution in [2.45, 2.75) is 37.6 Å². The fourth-order valence-corrected chi connectivity index (χ4v) is 2.59. The van der Waals surface area contributed by atoms with Gasteiger partial charge < -0.3 is 5.73 Å². The van der Waals surface area contributed by atoms with Gasteiger partial charge in [0.15, 0.2) is 17.3 Å². The quantitative estimate of drug-likeness (QED) is 0.866. The lowest BCUT2D eigenvalue weighted by atomic mass is 9.84. The molecule has 0 amide bonds. The molecule has 1 fully saturated rings. The molecule has 3 N–H and O–H groups in total. The Morgan fingerprint density at radius 3 is 2.53 bits per heavy atom. The summed E-state index contributed by atoms with van der Waals surface area (Å²) in [7, 11) is 0. The lowest BCUT2D eigenvalue weighted by Crippen LogP contribution is -2.26. The largest absolute Gasteiger partial charge is 0.328 e. The highest BCUT2D eigenvalue weighted by Crippen LogP contribution is 2.34. The molecule has 2 aromatic rings. The Labute approximate surface area is 110 Å². The van der Waals surface area contributed by atoms with Crippen LogP contribution in [0.15, 0.2) is 18.5 Å². The van der Waals surface area contributed by atoms with Crippen molar-refractivity contribution in [2.24, 2.45) is 5.73 Å². The van der Waals surface area contributed by atoms with E-state index in [1.807, 2.05) is 0 Å². The van der Waals surface area contributed by atoms with Gasteiger partial charge in [-0.2, -0.15) is 5.10 Å².